The molecule has 1 atom stereocenters. The smallest absolute Gasteiger partial charge is 0.253 e. The van der Waals surface area contributed by atoms with Gasteiger partial charge in [0.15, 0.2) is 5.96 Å². The van der Waals surface area contributed by atoms with Gasteiger partial charge in [0.25, 0.3) is 5.91 Å². The van der Waals surface area contributed by atoms with Crippen molar-refractivity contribution in [1.29, 1.82) is 0 Å². The van der Waals surface area contributed by atoms with Gasteiger partial charge in [-0.05, 0) is 64.2 Å². The molecule has 3 rings (SSSR count). The minimum Gasteiger partial charge on any atom is -0.368 e. The van der Waals surface area contributed by atoms with Crippen LogP contribution in [-0.2, 0) is 16.1 Å². The van der Waals surface area contributed by atoms with Gasteiger partial charge in [0.1, 0.15) is 6.10 Å². The van der Waals surface area contributed by atoms with Crippen LogP contribution in [0.5, 0.6) is 0 Å². The highest BCUT2D eigenvalue weighted by molar-refractivity contribution is 5.94. The van der Waals surface area contributed by atoms with E-state index >= 15 is 0 Å². The highest BCUT2D eigenvalue weighted by Gasteiger charge is 2.23. The molecule has 1 aromatic rings. The van der Waals surface area contributed by atoms with Crippen LogP contribution in [0.25, 0.3) is 0 Å². The normalized spacial score (nSPS) is 21.1. The first-order valence-corrected chi connectivity index (χ1v) is 11.4. The summed E-state index contributed by atoms with van der Waals surface area (Å²) in [5.74, 6) is 0.796. The van der Waals surface area contributed by atoms with Crippen LogP contribution in [0.4, 0.5) is 5.69 Å². The molecule has 0 aliphatic carbocycles. The van der Waals surface area contributed by atoms with E-state index < -0.39 is 0 Å². The van der Waals surface area contributed by atoms with Gasteiger partial charge in [0.05, 0.1) is 6.54 Å². The molecule has 2 heterocycles. The topological polar surface area (TPSA) is 78.0 Å². The minimum absolute atomic E-state index is 0.0594. The molecule has 3 N–H and O–H groups in total. The second kappa shape index (κ2) is 11.3. The van der Waals surface area contributed by atoms with Gasteiger partial charge < -0.3 is 25.6 Å². The zero-order valence-electron chi connectivity index (χ0n) is 18.6. The van der Waals surface area contributed by atoms with Crippen LogP contribution in [0, 0.1) is 0 Å². The molecule has 166 valence electrons. The van der Waals surface area contributed by atoms with E-state index in [1.807, 2.05) is 24.3 Å². The lowest BCUT2D eigenvalue weighted by atomic mass is 10.0. The van der Waals surface area contributed by atoms with Crippen molar-refractivity contribution in [2.45, 2.75) is 71.2 Å². The molecule has 0 aromatic heterocycles. The van der Waals surface area contributed by atoms with Crippen molar-refractivity contribution in [3.05, 3.63) is 29.8 Å². The van der Waals surface area contributed by atoms with Crippen molar-refractivity contribution < 1.29 is 9.53 Å². The number of nitrogens with one attached hydrogen (secondary N) is 3. The van der Waals surface area contributed by atoms with Crippen molar-refractivity contribution >= 4 is 17.6 Å². The van der Waals surface area contributed by atoms with E-state index in [2.05, 4.69) is 41.6 Å². The van der Waals surface area contributed by atoms with Gasteiger partial charge in [-0.3, -0.25) is 4.79 Å². The molecular formula is C23H37N5O2. The van der Waals surface area contributed by atoms with Crippen LogP contribution < -0.4 is 16.0 Å². The Morgan fingerprint density at radius 1 is 1.27 bits per heavy atom. The number of nitrogens with zero attached hydrogens (tertiary/aromatic N) is 2. The van der Waals surface area contributed by atoms with Crippen LogP contribution in [0.2, 0.25) is 0 Å². The van der Waals surface area contributed by atoms with Gasteiger partial charge >= 0.3 is 0 Å². The fourth-order valence-electron chi connectivity index (χ4n) is 4.00. The van der Waals surface area contributed by atoms with Crippen molar-refractivity contribution in [3.63, 3.8) is 0 Å². The maximum absolute atomic E-state index is 12.3. The molecule has 30 heavy (non-hydrogen) atoms. The number of guanidine groups is 1. The van der Waals surface area contributed by atoms with Crippen molar-refractivity contribution in [1.82, 2.24) is 15.5 Å². The second-order valence-electron chi connectivity index (χ2n) is 8.43. The summed E-state index contributed by atoms with van der Waals surface area (Å²) in [5, 5.41) is 9.92. The Labute approximate surface area is 180 Å². The lowest BCUT2D eigenvalue weighted by molar-refractivity contribution is -0.124. The second-order valence-corrected chi connectivity index (χ2v) is 8.43. The maximum atomic E-state index is 12.3. The Bertz CT molecular complexity index is 707. The summed E-state index contributed by atoms with van der Waals surface area (Å²) in [6, 6.07) is 8.96. The Morgan fingerprint density at radius 3 is 2.73 bits per heavy atom. The SMILES string of the molecule is CCNC(=NCc1cccc(NC(=O)C2CCCO2)c1)NC1CCN(C(C)C)CC1. The van der Waals surface area contributed by atoms with Gasteiger partial charge in [0, 0.05) is 44.0 Å². The summed E-state index contributed by atoms with van der Waals surface area (Å²) in [7, 11) is 0. The molecule has 0 bridgehead atoms. The number of carbonyl (C=O) groups is 1. The van der Waals surface area contributed by atoms with Crippen LogP contribution in [-0.4, -0.2) is 61.2 Å². The lowest BCUT2D eigenvalue weighted by Gasteiger charge is -2.35. The molecular weight excluding hydrogens is 378 g/mol. The maximum Gasteiger partial charge on any atom is 0.253 e. The number of hydrogen-bond acceptors (Lipinski definition) is 4. The quantitative estimate of drug-likeness (QED) is 0.471. The molecule has 7 nitrogen and oxygen atoms in total. The molecule has 0 saturated carbocycles. The number of aliphatic imine (C=N–C) groups is 1. The highest BCUT2D eigenvalue weighted by Crippen LogP contribution is 2.17. The minimum atomic E-state index is -0.321. The van der Waals surface area contributed by atoms with Crippen molar-refractivity contribution in [2.75, 3.05) is 31.6 Å². The summed E-state index contributed by atoms with van der Waals surface area (Å²) in [5.41, 5.74) is 1.86. The summed E-state index contributed by atoms with van der Waals surface area (Å²) in [6.45, 7) is 10.9. The Hall–Kier alpha value is -2.12. The zero-order valence-corrected chi connectivity index (χ0v) is 18.6. The highest BCUT2D eigenvalue weighted by atomic mass is 16.5. The summed E-state index contributed by atoms with van der Waals surface area (Å²) in [6.07, 6.45) is 3.69. The zero-order chi connectivity index (χ0) is 21.3. The van der Waals surface area contributed by atoms with E-state index in [4.69, 9.17) is 9.73 Å². The molecule has 2 saturated heterocycles. The van der Waals surface area contributed by atoms with Crippen LogP contribution in [0.15, 0.2) is 29.3 Å². The molecule has 0 spiro atoms. The fraction of sp³-hybridized carbons (Fsp3) is 0.652. The number of anilines is 1. The molecule has 2 aliphatic heterocycles. The largest absolute Gasteiger partial charge is 0.368 e. The number of ether oxygens (including phenoxy) is 1. The predicted molar refractivity (Wildman–Crippen MR) is 122 cm³/mol. The number of carbonyl (C=O) groups excluding carboxylic acids is 1. The third kappa shape index (κ3) is 6.71. The standard InChI is InChI=1S/C23H37N5O2/c1-4-24-23(27-19-10-12-28(13-11-19)17(2)3)25-16-18-7-5-8-20(15-18)26-22(29)21-9-6-14-30-21/h5,7-8,15,17,19,21H,4,6,9-14,16H2,1-3H3,(H,26,29)(H2,24,25,27). The number of benzene rings is 1. The van der Waals surface area contributed by atoms with Crippen LogP contribution in [0.1, 0.15) is 52.0 Å². The van der Waals surface area contributed by atoms with E-state index in [0.717, 1.165) is 62.5 Å². The molecule has 7 heteroatoms. The predicted octanol–water partition coefficient (Wildman–Crippen LogP) is 2.73. The van der Waals surface area contributed by atoms with Gasteiger partial charge in [-0.25, -0.2) is 4.99 Å². The number of piperidine rings is 1. The van der Waals surface area contributed by atoms with E-state index in [9.17, 15) is 4.79 Å². The number of rotatable bonds is 7. The van der Waals surface area contributed by atoms with Gasteiger partial charge in [-0.2, -0.15) is 0 Å². The molecule has 1 amide bonds. The Balaban J connectivity index is 1.54. The number of amides is 1. The first-order chi connectivity index (χ1) is 14.5. The molecule has 0 radical (unpaired) electrons. The Kier molecular flexibility index (Phi) is 8.51. The van der Waals surface area contributed by atoms with Crippen molar-refractivity contribution in [3.8, 4) is 0 Å². The lowest BCUT2D eigenvalue weighted by Crippen LogP contribution is -2.49. The third-order valence-electron chi connectivity index (χ3n) is 5.78. The van der Waals surface area contributed by atoms with E-state index in [1.54, 1.807) is 0 Å². The summed E-state index contributed by atoms with van der Waals surface area (Å²) < 4.78 is 5.46. The summed E-state index contributed by atoms with van der Waals surface area (Å²) >= 11 is 0. The molecule has 1 aromatic carbocycles. The average Bonchev–Trinajstić information content (AvgIpc) is 3.28. The first kappa shape index (κ1) is 22.6. The van der Waals surface area contributed by atoms with Crippen molar-refractivity contribution in [2.24, 2.45) is 4.99 Å². The van der Waals surface area contributed by atoms with E-state index in [0.29, 0.717) is 25.2 Å². The third-order valence-corrected chi connectivity index (χ3v) is 5.78. The van der Waals surface area contributed by atoms with Gasteiger partial charge in [-0.15, -0.1) is 0 Å². The van der Waals surface area contributed by atoms with Crippen LogP contribution >= 0.6 is 0 Å². The average molecular weight is 416 g/mol. The molecule has 2 fully saturated rings. The van der Waals surface area contributed by atoms with Gasteiger partial charge in [-0.1, -0.05) is 12.1 Å². The van der Waals surface area contributed by atoms with E-state index in [1.165, 1.54) is 0 Å². The monoisotopic (exact) mass is 415 g/mol. The molecule has 1 unspecified atom stereocenters. The summed E-state index contributed by atoms with van der Waals surface area (Å²) in [4.78, 5) is 19.6. The van der Waals surface area contributed by atoms with Crippen LogP contribution in [0.3, 0.4) is 0 Å². The van der Waals surface area contributed by atoms with E-state index in [-0.39, 0.29) is 12.0 Å². The Morgan fingerprint density at radius 2 is 2.07 bits per heavy atom. The number of likely N-dealkylation sites (tertiary alicyclic amines) is 1. The fourth-order valence-corrected chi connectivity index (χ4v) is 4.00. The number of hydrogen-bond donors (Lipinski definition) is 3. The molecule has 2 aliphatic rings. The first-order valence-electron chi connectivity index (χ1n) is 11.4. The van der Waals surface area contributed by atoms with Gasteiger partial charge in [0.2, 0.25) is 0 Å².